The van der Waals surface area contributed by atoms with Crippen LogP contribution in [0.1, 0.15) is 17.9 Å². The molecule has 1 N–H and O–H groups in total. The van der Waals surface area contributed by atoms with Crippen molar-refractivity contribution in [3.8, 4) is 0 Å². The maximum atomic E-state index is 4.16. The second-order valence-corrected chi connectivity index (χ2v) is 2.79. The van der Waals surface area contributed by atoms with Crippen molar-refractivity contribution in [3.05, 3.63) is 17.7 Å². The van der Waals surface area contributed by atoms with Gasteiger partial charge < -0.3 is 4.98 Å². The van der Waals surface area contributed by atoms with Gasteiger partial charge in [0.15, 0.2) is 0 Å². The number of rotatable bonds is 3. The Kier molecular flexibility index (Phi) is 2.81. The van der Waals surface area contributed by atoms with Crippen LogP contribution in [-0.4, -0.2) is 15.7 Å². The van der Waals surface area contributed by atoms with E-state index in [-0.39, 0.29) is 0 Å². The fourth-order valence-electron chi connectivity index (χ4n) is 0.840. The number of H-pyrrole nitrogens is 1. The van der Waals surface area contributed by atoms with Gasteiger partial charge in [0.1, 0.15) is 5.82 Å². The molecule has 0 radical (unpaired) electrons. The first-order valence-electron chi connectivity index (χ1n) is 3.44. The Morgan fingerprint density at radius 3 is 3.00 bits per heavy atom. The van der Waals surface area contributed by atoms with E-state index in [2.05, 4.69) is 22.6 Å². The highest BCUT2D eigenvalue weighted by Gasteiger charge is 1.94. The molecule has 0 saturated carbocycles. The molecule has 0 aliphatic rings. The highest BCUT2D eigenvalue weighted by atomic mass is 32.1. The molecule has 10 heavy (non-hydrogen) atoms. The van der Waals surface area contributed by atoms with E-state index < -0.39 is 0 Å². The molecular weight excluding hydrogens is 144 g/mol. The molecule has 0 atom stereocenters. The largest absolute Gasteiger partial charge is 0.346 e. The van der Waals surface area contributed by atoms with E-state index in [0.717, 1.165) is 30.1 Å². The molecule has 1 aromatic rings. The lowest BCUT2D eigenvalue weighted by molar-refractivity contribution is 0.864. The molecule has 0 saturated heterocycles. The van der Waals surface area contributed by atoms with Crippen molar-refractivity contribution in [2.24, 2.45) is 0 Å². The van der Waals surface area contributed by atoms with Crippen LogP contribution in [0.2, 0.25) is 0 Å². The molecule has 0 bridgehead atoms. The summed E-state index contributed by atoms with van der Waals surface area (Å²) in [5.74, 6) is 2.01. The predicted molar refractivity (Wildman–Crippen MR) is 45.5 cm³/mol. The van der Waals surface area contributed by atoms with Gasteiger partial charge in [-0.3, -0.25) is 0 Å². The lowest BCUT2D eigenvalue weighted by atomic mass is 10.3. The Labute approximate surface area is 66.5 Å². The number of imidazole rings is 1. The van der Waals surface area contributed by atoms with Crippen molar-refractivity contribution in [3.63, 3.8) is 0 Å². The molecule has 0 spiro atoms. The van der Waals surface area contributed by atoms with Crippen molar-refractivity contribution >= 4 is 12.6 Å². The van der Waals surface area contributed by atoms with Crippen molar-refractivity contribution in [1.29, 1.82) is 0 Å². The molecule has 0 aliphatic carbocycles. The average molecular weight is 156 g/mol. The zero-order chi connectivity index (χ0) is 7.40. The summed E-state index contributed by atoms with van der Waals surface area (Å²) in [5, 5.41) is 0. The van der Waals surface area contributed by atoms with Crippen LogP contribution in [0.5, 0.6) is 0 Å². The summed E-state index contributed by atoms with van der Waals surface area (Å²) in [4.78, 5) is 7.33. The van der Waals surface area contributed by atoms with Crippen LogP contribution in [0.15, 0.2) is 6.20 Å². The van der Waals surface area contributed by atoms with Crippen LogP contribution in [0.4, 0.5) is 0 Å². The molecule has 1 heterocycles. The second-order valence-electron chi connectivity index (χ2n) is 2.34. The fourth-order valence-corrected chi connectivity index (χ4v) is 0.999. The smallest absolute Gasteiger partial charge is 0.106 e. The first-order valence-corrected chi connectivity index (χ1v) is 4.07. The molecular formula is C7H12N2S. The summed E-state index contributed by atoms with van der Waals surface area (Å²) in [6.45, 7) is 2.01. The number of nitrogens with one attached hydrogen (secondary N) is 1. The van der Waals surface area contributed by atoms with Crippen LogP contribution < -0.4 is 0 Å². The number of aromatic nitrogens is 2. The summed E-state index contributed by atoms with van der Waals surface area (Å²) in [6, 6.07) is 0. The summed E-state index contributed by atoms with van der Waals surface area (Å²) in [5.41, 5.74) is 1.13. The van der Waals surface area contributed by atoms with Crippen molar-refractivity contribution < 1.29 is 0 Å². The van der Waals surface area contributed by atoms with Crippen LogP contribution in [0.3, 0.4) is 0 Å². The normalized spacial score (nSPS) is 10.2. The maximum absolute atomic E-state index is 4.16. The molecule has 1 rings (SSSR count). The highest BCUT2D eigenvalue weighted by Crippen LogP contribution is 1.98. The minimum absolute atomic E-state index is 0.930. The van der Waals surface area contributed by atoms with Crippen molar-refractivity contribution in [2.75, 3.05) is 5.75 Å². The Bertz CT molecular complexity index is 195. The lowest BCUT2D eigenvalue weighted by Gasteiger charge is -1.90. The van der Waals surface area contributed by atoms with E-state index in [1.54, 1.807) is 0 Å². The number of thiol groups is 1. The standard InChI is InChI=1S/C7H12N2S/c1-6-5-8-7(9-6)3-2-4-10/h5,10H,2-4H2,1H3,(H,8,9). The van der Waals surface area contributed by atoms with Gasteiger partial charge in [-0.15, -0.1) is 0 Å². The summed E-state index contributed by atoms with van der Waals surface area (Å²) in [7, 11) is 0. The number of nitrogens with zero attached hydrogens (tertiary/aromatic N) is 1. The second kappa shape index (κ2) is 3.66. The van der Waals surface area contributed by atoms with Crippen LogP contribution in [-0.2, 0) is 6.42 Å². The minimum Gasteiger partial charge on any atom is -0.346 e. The molecule has 1 aromatic heterocycles. The van der Waals surface area contributed by atoms with Crippen molar-refractivity contribution in [2.45, 2.75) is 19.8 Å². The quantitative estimate of drug-likeness (QED) is 0.639. The van der Waals surface area contributed by atoms with Gasteiger partial charge in [0.05, 0.1) is 0 Å². The van der Waals surface area contributed by atoms with E-state index in [0.29, 0.717) is 0 Å². The number of hydrogen-bond acceptors (Lipinski definition) is 2. The third-order valence-corrected chi connectivity index (χ3v) is 1.64. The zero-order valence-corrected chi connectivity index (χ0v) is 6.99. The lowest BCUT2D eigenvalue weighted by Crippen LogP contribution is -1.88. The Balaban J connectivity index is 2.42. The Morgan fingerprint density at radius 2 is 2.50 bits per heavy atom. The molecule has 0 aliphatic heterocycles. The monoisotopic (exact) mass is 156 g/mol. The van der Waals surface area contributed by atoms with E-state index >= 15 is 0 Å². The van der Waals surface area contributed by atoms with Gasteiger partial charge in [-0.05, 0) is 19.1 Å². The number of aromatic amines is 1. The first kappa shape index (κ1) is 7.66. The van der Waals surface area contributed by atoms with Crippen molar-refractivity contribution in [1.82, 2.24) is 9.97 Å². The minimum atomic E-state index is 0.930. The van der Waals surface area contributed by atoms with Gasteiger partial charge in [0, 0.05) is 18.3 Å². The van der Waals surface area contributed by atoms with E-state index in [9.17, 15) is 0 Å². The summed E-state index contributed by atoms with van der Waals surface area (Å²) >= 11 is 4.12. The first-order chi connectivity index (χ1) is 4.83. The summed E-state index contributed by atoms with van der Waals surface area (Å²) < 4.78 is 0. The highest BCUT2D eigenvalue weighted by molar-refractivity contribution is 7.80. The predicted octanol–water partition coefficient (Wildman–Crippen LogP) is 1.58. The molecule has 0 aromatic carbocycles. The van der Waals surface area contributed by atoms with Gasteiger partial charge in [0.2, 0.25) is 0 Å². The van der Waals surface area contributed by atoms with Crippen LogP contribution in [0, 0.1) is 6.92 Å². The molecule has 0 fully saturated rings. The van der Waals surface area contributed by atoms with E-state index in [4.69, 9.17) is 0 Å². The van der Waals surface area contributed by atoms with Crippen LogP contribution >= 0.6 is 12.6 Å². The molecule has 56 valence electrons. The van der Waals surface area contributed by atoms with Gasteiger partial charge in [-0.25, -0.2) is 4.98 Å². The van der Waals surface area contributed by atoms with Crippen LogP contribution in [0.25, 0.3) is 0 Å². The van der Waals surface area contributed by atoms with E-state index in [1.165, 1.54) is 0 Å². The van der Waals surface area contributed by atoms with Gasteiger partial charge in [-0.2, -0.15) is 12.6 Å². The molecule has 2 nitrogen and oxygen atoms in total. The Morgan fingerprint density at radius 1 is 1.70 bits per heavy atom. The third-order valence-electron chi connectivity index (χ3n) is 1.33. The number of aryl methyl sites for hydroxylation is 2. The van der Waals surface area contributed by atoms with Gasteiger partial charge >= 0.3 is 0 Å². The summed E-state index contributed by atoms with van der Waals surface area (Å²) in [6.07, 6.45) is 3.96. The van der Waals surface area contributed by atoms with Gasteiger partial charge in [-0.1, -0.05) is 0 Å². The fraction of sp³-hybridized carbons (Fsp3) is 0.571. The Hall–Kier alpha value is -0.440. The average Bonchev–Trinajstić information content (AvgIpc) is 2.31. The number of hydrogen-bond donors (Lipinski definition) is 2. The SMILES string of the molecule is Cc1cnc(CCCS)[nH]1. The molecule has 0 unspecified atom stereocenters. The zero-order valence-electron chi connectivity index (χ0n) is 6.09. The van der Waals surface area contributed by atoms with Gasteiger partial charge in [0.25, 0.3) is 0 Å². The third kappa shape index (κ3) is 2.06. The topological polar surface area (TPSA) is 28.7 Å². The van der Waals surface area contributed by atoms with E-state index in [1.807, 2.05) is 13.1 Å². The molecule has 3 heteroatoms. The maximum Gasteiger partial charge on any atom is 0.106 e. The molecule has 0 amide bonds.